The molecular formula is C16H16ClNO6S. The van der Waals surface area contributed by atoms with E-state index in [0.29, 0.717) is 30.5 Å². The van der Waals surface area contributed by atoms with Gasteiger partial charge in [-0.1, -0.05) is 11.6 Å². The lowest BCUT2D eigenvalue weighted by molar-refractivity contribution is 0.171. The molecule has 0 spiro atoms. The van der Waals surface area contributed by atoms with Gasteiger partial charge in [0.25, 0.3) is 10.0 Å². The number of hydrogen-bond acceptors (Lipinski definition) is 6. The van der Waals surface area contributed by atoms with E-state index in [9.17, 15) is 8.42 Å². The van der Waals surface area contributed by atoms with Crippen LogP contribution in [0.4, 0.5) is 5.69 Å². The van der Waals surface area contributed by atoms with E-state index in [1.807, 2.05) is 0 Å². The molecule has 0 saturated carbocycles. The fourth-order valence-electron chi connectivity index (χ4n) is 2.34. The van der Waals surface area contributed by atoms with Crippen LogP contribution >= 0.6 is 11.6 Å². The third-order valence-electron chi connectivity index (χ3n) is 3.54. The van der Waals surface area contributed by atoms with Gasteiger partial charge in [-0.15, -0.1) is 0 Å². The summed E-state index contributed by atoms with van der Waals surface area (Å²) in [4.78, 5) is -0.0692. The van der Waals surface area contributed by atoms with Gasteiger partial charge in [0.05, 0.1) is 24.9 Å². The van der Waals surface area contributed by atoms with Crippen LogP contribution in [0.3, 0.4) is 0 Å². The van der Waals surface area contributed by atoms with Gasteiger partial charge in [-0.3, -0.25) is 4.72 Å². The second-order valence-electron chi connectivity index (χ2n) is 5.10. The van der Waals surface area contributed by atoms with Crippen molar-refractivity contribution in [2.24, 2.45) is 0 Å². The first kappa shape index (κ1) is 17.5. The Labute approximate surface area is 150 Å². The first-order chi connectivity index (χ1) is 11.9. The number of halogens is 1. The summed E-state index contributed by atoms with van der Waals surface area (Å²) in [5.41, 5.74) is 0.177. The van der Waals surface area contributed by atoms with Gasteiger partial charge in [0.2, 0.25) is 0 Å². The van der Waals surface area contributed by atoms with Gasteiger partial charge in [0.1, 0.15) is 29.6 Å². The molecule has 0 aromatic heterocycles. The number of hydrogen-bond donors (Lipinski definition) is 1. The van der Waals surface area contributed by atoms with Crippen LogP contribution in [0.25, 0.3) is 0 Å². The van der Waals surface area contributed by atoms with Crippen LogP contribution in [-0.4, -0.2) is 35.9 Å². The van der Waals surface area contributed by atoms with E-state index >= 15 is 0 Å². The summed E-state index contributed by atoms with van der Waals surface area (Å²) in [6.07, 6.45) is 0. The van der Waals surface area contributed by atoms with Crippen molar-refractivity contribution >= 4 is 27.3 Å². The highest BCUT2D eigenvalue weighted by Crippen LogP contribution is 2.39. The Bertz CT molecular complexity index is 900. The maximum atomic E-state index is 12.8. The fraction of sp³-hybridized carbons (Fsp3) is 0.250. The van der Waals surface area contributed by atoms with Gasteiger partial charge in [0, 0.05) is 18.2 Å². The van der Waals surface area contributed by atoms with Crippen molar-refractivity contribution < 1.29 is 27.4 Å². The average Bonchev–Trinajstić information content (AvgIpc) is 2.61. The molecule has 2 aromatic carbocycles. The van der Waals surface area contributed by atoms with E-state index in [1.165, 1.54) is 38.5 Å². The summed E-state index contributed by atoms with van der Waals surface area (Å²) in [6, 6.07) is 7.48. The first-order valence-electron chi connectivity index (χ1n) is 7.28. The van der Waals surface area contributed by atoms with E-state index < -0.39 is 10.0 Å². The lowest BCUT2D eigenvalue weighted by atomic mass is 10.2. The van der Waals surface area contributed by atoms with Crippen molar-refractivity contribution in [3.8, 4) is 23.0 Å². The van der Waals surface area contributed by atoms with E-state index in [1.54, 1.807) is 6.07 Å². The summed E-state index contributed by atoms with van der Waals surface area (Å²) >= 11 is 6.17. The zero-order valence-electron chi connectivity index (χ0n) is 13.5. The molecule has 3 rings (SSSR count). The number of sulfonamides is 1. The Morgan fingerprint density at radius 2 is 1.72 bits per heavy atom. The molecule has 1 heterocycles. The molecule has 0 radical (unpaired) electrons. The maximum Gasteiger partial charge on any atom is 0.265 e. The Kier molecular flexibility index (Phi) is 4.82. The molecular weight excluding hydrogens is 370 g/mol. The first-order valence-corrected chi connectivity index (χ1v) is 9.14. The van der Waals surface area contributed by atoms with Crippen LogP contribution < -0.4 is 23.7 Å². The molecule has 1 aliphatic rings. The van der Waals surface area contributed by atoms with E-state index in [0.717, 1.165) is 0 Å². The molecule has 0 aliphatic carbocycles. The Balaban J connectivity index is 2.00. The number of benzene rings is 2. The lowest BCUT2D eigenvalue weighted by Crippen LogP contribution is -2.17. The van der Waals surface area contributed by atoms with Gasteiger partial charge in [-0.2, -0.15) is 0 Å². The standard InChI is InChI=1S/C16H16ClNO6S/c1-21-10-3-4-13(22-2)16(7-10)25(19,20)18-12-9-15-14(8-11(12)17)23-5-6-24-15/h3-4,7-9,18H,5-6H2,1-2H3. The van der Waals surface area contributed by atoms with Crippen LogP contribution in [0, 0.1) is 0 Å². The molecule has 134 valence electrons. The largest absolute Gasteiger partial charge is 0.497 e. The second-order valence-corrected chi connectivity index (χ2v) is 7.16. The quantitative estimate of drug-likeness (QED) is 0.852. The van der Waals surface area contributed by atoms with Crippen LogP contribution in [0.5, 0.6) is 23.0 Å². The van der Waals surface area contributed by atoms with Crippen LogP contribution in [0.1, 0.15) is 0 Å². The normalized spacial score (nSPS) is 13.2. The second kappa shape index (κ2) is 6.89. The lowest BCUT2D eigenvalue weighted by Gasteiger charge is -2.20. The van der Waals surface area contributed by atoms with Crippen molar-refractivity contribution in [3.63, 3.8) is 0 Å². The Morgan fingerprint density at radius 3 is 2.36 bits per heavy atom. The Morgan fingerprint density at radius 1 is 1.04 bits per heavy atom. The van der Waals surface area contributed by atoms with Gasteiger partial charge in [0.15, 0.2) is 11.5 Å². The summed E-state index contributed by atoms with van der Waals surface area (Å²) in [7, 11) is -1.14. The average molecular weight is 386 g/mol. The van der Waals surface area contributed by atoms with E-state index in [2.05, 4.69) is 4.72 Å². The van der Waals surface area contributed by atoms with Gasteiger partial charge >= 0.3 is 0 Å². The molecule has 1 N–H and O–H groups in total. The van der Waals surface area contributed by atoms with E-state index in [4.69, 9.17) is 30.5 Å². The van der Waals surface area contributed by atoms with Gasteiger partial charge < -0.3 is 18.9 Å². The number of ether oxygens (including phenoxy) is 4. The molecule has 7 nitrogen and oxygen atoms in total. The molecule has 25 heavy (non-hydrogen) atoms. The smallest absolute Gasteiger partial charge is 0.265 e. The topological polar surface area (TPSA) is 83.1 Å². The number of methoxy groups -OCH3 is 2. The summed E-state index contributed by atoms with van der Waals surface area (Å²) in [5, 5.41) is 0.190. The number of nitrogens with one attached hydrogen (secondary N) is 1. The summed E-state index contributed by atoms with van der Waals surface area (Å²) < 4.78 is 49.1. The van der Waals surface area contributed by atoms with Crippen molar-refractivity contribution in [2.75, 3.05) is 32.2 Å². The minimum absolute atomic E-state index is 0.0692. The van der Waals surface area contributed by atoms with E-state index in [-0.39, 0.29) is 21.4 Å². The van der Waals surface area contributed by atoms with Crippen molar-refractivity contribution in [1.29, 1.82) is 0 Å². The highest BCUT2D eigenvalue weighted by atomic mass is 35.5. The SMILES string of the molecule is COc1ccc(OC)c(S(=O)(=O)Nc2cc3c(cc2Cl)OCCO3)c1. The third-order valence-corrected chi connectivity index (χ3v) is 5.24. The van der Waals surface area contributed by atoms with Crippen LogP contribution in [0.15, 0.2) is 35.2 Å². The molecule has 0 unspecified atom stereocenters. The Hall–Kier alpha value is -2.32. The third kappa shape index (κ3) is 3.54. The van der Waals surface area contributed by atoms with Crippen molar-refractivity contribution in [1.82, 2.24) is 0 Å². The molecule has 1 aliphatic heterocycles. The fourth-order valence-corrected chi connectivity index (χ4v) is 3.85. The minimum atomic E-state index is -3.97. The minimum Gasteiger partial charge on any atom is -0.497 e. The highest BCUT2D eigenvalue weighted by molar-refractivity contribution is 7.92. The number of anilines is 1. The van der Waals surface area contributed by atoms with Gasteiger partial charge in [-0.05, 0) is 12.1 Å². The maximum absolute atomic E-state index is 12.8. The molecule has 0 saturated heterocycles. The monoisotopic (exact) mass is 385 g/mol. The predicted octanol–water partition coefficient (Wildman–Crippen LogP) is 2.93. The number of fused-ring (bicyclic) bond motifs is 1. The predicted molar refractivity (Wildman–Crippen MR) is 92.8 cm³/mol. The van der Waals surface area contributed by atoms with Crippen LogP contribution in [0.2, 0.25) is 5.02 Å². The van der Waals surface area contributed by atoms with Crippen molar-refractivity contribution in [3.05, 3.63) is 35.4 Å². The summed E-state index contributed by atoms with van der Waals surface area (Å²) in [5.74, 6) is 1.46. The molecule has 0 fully saturated rings. The zero-order chi connectivity index (χ0) is 18.0. The van der Waals surface area contributed by atoms with Gasteiger partial charge in [-0.25, -0.2) is 8.42 Å². The highest BCUT2D eigenvalue weighted by Gasteiger charge is 2.23. The molecule has 2 aromatic rings. The number of rotatable bonds is 5. The molecule has 0 atom stereocenters. The molecule has 0 bridgehead atoms. The molecule has 9 heteroatoms. The summed E-state index contributed by atoms with van der Waals surface area (Å²) in [6.45, 7) is 0.792. The zero-order valence-corrected chi connectivity index (χ0v) is 15.1. The van der Waals surface area contributed by atoms with Crippen molar-refractivity contribution in [2.45, 2.75) is 4.90 Å². The molecule has 0 amide bonds. The van der Waals surface area contributed by atoms with Crippen LogP contribution in [-0.2, 0) is 10.0 Å².